The number of carbonyl (C=O) groups excluding carboxylic acids is 1. The number of hydrogen-bond donors (Lipinski definition) is 2. The second kappa shape index (κ2) is 10.4. The van der Waals surface area contributed by atoms with E-state index < -0.39 is 0 Å². The third-order valence-electron chi connectivity index (χ3n) is 4.53. The number of likely N-dealkylation sites (N-methyl/N-ethyl adjacent to an activating group) is 1. The highest BCUT2D eigenvalue weighted by molar-refractivity contribution is 5.79. The number of methoxy groups -OCH3 is 1. The number of rotatable bonds is 10. The van der Waals surface area contributed by atoms with Crippen LogP contribution in [0.2, 0.25) is 0 Å². The summed E-state index contributed by atoms with van der Waals surface area (Å²) in [6, 6.07) is 15.5. The topological polar surface area (TPSA) is 52.0 Å². The van der Waals surface area contributed by atoms with Crippen LogP contribution in [0.4, 0.5) is 0 Å². The Kier molecular flexibility index (Phi) is 7.89. The average Bonchev–Trinajstić information content (AvgIpc) is 2.71. The Morgan fingerprint density at radius 2 is 1.70 bits per heavy atom. The predicted molar refractivity (Wildman–Crippen MR) is 107 cm³/mol. The van der Waals surface area contributed by atoms with E-state index in [-0.39, 0.29) is 11.9 Å². The van der Waals surface area contributed by atoms with E-state index >= 15 is 0 Å². The van der Waals surface area contributed by atoms with Gasteiger partial charge >= 0.3 is 0 Å². The Morgan fingerprint density at radius 3 is 2.30 bits per heavy atom. The Bertz CT molecular complexity index is 726. The molecular weight excluding hydrogens is 340 g/mol. The van der Waals surface area contributed by atoms with Crippen molar-refractivity contribution in [3.8, 4) is 11.5 Å². The molecule has 0 saturated carbocycles. The van der Waals surface area contributed by atoms with Gasteiger partial charge in [0.1, 0.15) is 24.7 Å². The van der Waals surface area contributed by atoms with Gasteiger partial charge in [-0.1, -0.05) is 24.8 Å². The van der Waals surface area contributed by atoms with Crippen molar-refractivity contribution < 1.29 is 19.2 Å². The quantitative estimate of drug-likeness (QED) is 0.630. The predicted octanol–water partition coefficient (Wildman–Crippen LogP) is 1.98. The zero-order chi connectivity index (χ0) is 19.6. The van der Waals surface area contributed by atoms with Crippen LogP contribution >= 0.6 is 0 Å². The lowest BCUT2D eigenvalue weighted by atomic mass is 10.1. The number of ether oxygens (including phenoxy) is 2. The van der Waals surface area contributed by atoms with Crippen LogP contribution < -0.4 is 19.7 Å². The van der Waals surface area contributed by atoms with E-state index in [1.807, 2.05) is 62.5 Å². The molecule has 2 aromatic carbocycles. The fraction of sp³-hybridized carbons (Fsp3) is 0.318. The van der Waals surface area contributed by atoms with Crippen molar-refractivity contribution in [2.24, 2.45) is 0 Å². The number of carbonyl (C=O) groups is 1. The van der Waals surface area contributed by atoms with Gasteiger partial charge in [0.05, 0.1) is 14.2 Å². The molecule has 2 rings (SSSR count). The van der Waals surface area contributed by atoms with E-state index in [0.717, 1.165) is 34.1 Å². The van der Waals surface area contributed by atoms with Gasteiger partial charge in [0.15, 0.2) is 6.04 Å². The SMILES string of the molecule is C=CCOc1ccc(C[NH+](C)[C@H](C)C(=O)NCc2ccc(OC)cc2)cc1. The summed E-state index contributed by atoms with van der Waals surface area (Å²) in [7, 11) is 3.67. The molecule has 1 amide bonds. The maximum absolute atomic E-state index is 12.5. The lowest BCUT2D eigenvalue weighted by Crippen LogP contribution is -3.12. The molecule has 0 spiro atoms. The first-order valence-electron chi connectivity index (χ1n) is 9.09. The van der Waals surface area contributed by atoms with Gasteiger partial charge in [-0.3, -0.25) is 4.79 Å². The van der Waals surface area contributed by atoms with Gasteiger partial charge in [0, 0.05) is 12.1 Å². The summed E-state index contributed by atoms with van der Waals surface area (Å²) < 4.78 is 10.6. The molecule has 2 N–H and O–H groups in total. The maximum atomic E-state index is 12.5. The molecule has 0 aromatic heterocycles. The highest BCUT2D eigenvalue weighted by atomic mass is 16.5. The molecule has 0 aliphatic carbocycles. The van der Waals surface area contributed by atoms with Crippen LogP contribution in [0, 0.1) is 0 Å². The zero-order valence-corrected chi connectivity index (χ0v) is 16.3. The zero-order valence-electron chi connectivity index (χ0n) is 16.3. The fourth-order valence-corrected chi connectivity index (χ4v) is 2.64. The van der Waals surface area contributed by atoms with Crippen molar-refractivity contribution in [3.63, 3.8) is 0 Å². The molecular formula is C22H29N2O3+. The highest BCUT2D eigenvalue weighted by Crippen LogP contribution is 2.12. The summed E-state index contributed by atoms with van der Waals surface area (Å²) in [6.07, 6.45) is 1.72. The molecule has 2 aromatic rings. The van der Waals surface area contributed by atoms with E-state index in [2.05, 4.69) is 11.9 Å². The summed E-state index contributed by atoms with van der Waals surface area (Å²) in [6.45, 7) is 7.35. The highest BCUT2D eigenvalue weighted by Gasteiger charge is 2.21. The minimum Gasteiger partial charge on any atom is -0.497 e. The molecule has 27 heavy (non-hydrogen) atoms. The van der Waals surface area contributed by atoms with E-state index in [9.17, 15) is 4.79 Å². The average molecular weight is 369 g/mol. The van der Waals surface area contributed by atoms with Crippen LogP contribution in [0.25, 0.3) is 0 Å². The molecule has 5 heteroatoms. The molecule has 144 valence electrons. The minimum absolute atomic E-state index is 0.0363. The smallest absolute Gasteiger partial charge is 0.278 e. The third kappa shape index (κ3) is 6.46. The Labute approximate surface area is 161 Å². The first-order valence-corrected chi connectivity index (χ1v) is 9.09. The largest absolute Gasteiger partial charge is 0.497 e. The second-order valence-corrected chi connectivity index (χ2v) is 6.55. The van der Waals surface area contributed by atoms with Gasteiger partial charge in [-0.25, -0.2) is 0 Å². The van der Waals surface area contributed by atoms with E-state index in [1.165, 1.54) is 0 Å². The van der Waals surface area contributed by atoms with Gasteiger partial charge in [-0.05, 0) is 48.9 Å². The lowest BCUT2D eigenvalue weighted by molar-refractivity contribution is -0.908. The maximum Gasteiger partial charge on any atom is 0.278 e. The number of quaternary nitrogens is 1. The van der Waals surface area contributed by atoms with Gasteiger partial charge in [-0.2, -0.15) is 0 Å². The van der Waals surface area contributed by atoms with Crippen LogP contribution in [-0.4, -0.2) is 32.7 Å². The molecule has 0 heterocycles. The first kappa shape index (κ1) is 20.5. The molecule has 0 bridgehead atoms. The molecule has 0 aliphatic rings. The number of benzene rings is 2. The molecule has 2 atom stereocenters. The number of hydrogen-bond acceptors (Lipinski definition) is 3. The third-order valence-corrected chi connectivity index (χ3v) is 4.53. The normalized spacial score (nSPS) is 12.7. The van der Waals surface area contributed by atoms with Crippen LogP contribution in [0.3, 0.4) is 0 Å². The lowest BCUT2D eigenvalue weighted by Gasteiger charge is -2.21. The second-order valence-electron chi connectivity index (χ2n) is 6.55. The summed E-state index contributed by atoms with van der Waals surface area (Å²) in [5, 5.41) is 3.01. The number of nitrogens with one attached hydrogen (secondary N) is 2. The van der Waals surface area contributed by atoms with Crippen molar-refractivity contribution >= 4 is 5.91 Å². The van der Waals surface area contributed by atoms with Crippen LogP contribution in [0.1, 0.15) is 18.1 Å². The molecule has 0 fully saturated rings. The van der Waals surface area contributed by atoms with Crippen molar-refractivity contribution in [3.05, 3.63) is 72.3 Å². The Balaban J connectivity index is 1.82. The summed E-state index contributed by atoms with van der Waals surface area (Å²) in [4.78, 5) is 13.6. The van der Waals surface area contributed by atoms with Gasteiger partial charge in [0.2, 0.25) is 0 Å². The van der Waals surface area contributed by atoms with Crippen molar-refractivity contribution in [1.29, 1.82) is 0 Å². The first-order chi connectivity index (χ1) is 13.0. The fourth-order valence-electron chi connectivity index (χ4n) is 2.64. The van der Waals surface area contributed by atoms with E-state index in [0.29, 0.717) is 13.2 Å². The number of amides is 1. The molecule has 0 aliphatic heterocycles. The van der Waals surface area contributed by atoms with E-state index in [1.54, 1.807) is 13.2 Å². The molecule has 0 radical (unpaired) electrons. The van der Waals surface area contributed by atoms with Crippen LogP contribution in [0.15, 0.2) is 61.2 Å². The van der Waals surface area contributed by atoms with Crippen LogP contribution in [-0.2, 0) is 17.9 Å². The van der Waals surface area contributed by atoms with Gasteiger partial charge in [0.25, 0.3) is 5.91 Å². The standard InChI is InChI=1S/C22H28N2O3/c1-5-14-27-21-12-8-19(9-13-21)16-24(3)17(2)22(25)23-15-18-6-10-20(26-4)11-7-18/h5-13,17H,1,14-16H2,2-4H3,(H,23,25)/p+1/t17-/m1/s1. The van der Waals surface area contributed by atoms with Crippen molar-refractivity contribution in [2.75, 3.05) is 20.8 Å². The van der Waals surface area contributed by atoms with Gasteiger partial charge in [-0.15, -0.1) is 0 Å². The minimum atomic E-state index is -0.153. The summed E-state index contributed by atoms with van der Waals surface area (Å²) in [5.74, 6) is 1.67. The summed E-state index contributed by atoms with van der Waals surface area (Å²) in [5.41, 5.74) is 2.21. The molecule has 5 nitrogen and oxygen atoms in total. The van der Waals surface area contributed by atoms with Gasteiger partial charge < -0.3 is 19.7 Å². The Hall–Kier alpha value is -2.79. The van der Waals surface area contributed by atoms with E-state index in [4.69, 9.17) is 9.47 Å². The molecule has 1 unspecified atom stereocenters. The van der Waals surface area contributed by atoms with Crippen molar-refractivity contribution in [1.82, 2.24) is 5.32 Å². The molecule has 0 saturated heterocycles. The monoisotopic (exact) mass is 369 g/mol. The van der Waals surface area contributed by atoms with Crippen molar-refractivity contribution in [2.45, 2.75) is 26.1 Å². The summed E-state index contributed by atoms with van der Waals surface area (Å²) >= 11 is 0. The van der Waals surface area contributed by atoms with Crippen LogP contribution in [0.5, 0.6) is 11.5 Å². The Morgan fingerprint density at radius 1 is 1.11 bits per heavy atom.